The van der Waals surface area contributed by atoms with E-state index in [4.69, 9.17) is 19.9 Å². The third-order valence-electron chi connectivity index (χ3n) is 8.92. The van der Waals surface area contributed by atoms with Crippen LogP contribution in [-0.2, 0) is 23.8 Å². The summed E-state index contributed by atoms with van der Waals surface area (Å²) in [5.74, 6) is -1.09. The lowest BCUT2D eigenvalue weighted by Gasteiger charge is -2.38. The molecule has 3 aliphatic rings. The molecule has 0 aromatic carbocycles. The number of H-pyrrole nitrogens is 1. The number of carbonyl (C=O) groups excluding carboxylic acids is 2. The highest BCUT2D eigenvalue weighted by molar-refractivity contribution is 5.99. The van der Waals surface area contributed by atoms with E-state index < -0.39 is 84.4 Å². The highest BCUT2D eigenvalue weighted by atomic mass is 16.7. The van der Waals surface area contributed by atoms with Gasteiger partial charge in [-0.1, -0.05) is 39.0 Å². The molecule has 10 atom stereocenters. The fraction of sp³-hybridized carbons (Fsp3) is 0.733. The van der Waals surface area contributed by atoms with Gasteiger partial charge in [-0.05, 0) is 19.5 Å². The number of nitrogens with two attached hydrogens (primary N) is 1. The van der Waals surface area contributed by atoms with Gasteiger partial charge in [0.1, 0.15) is 54.5 Å². The van der Waals surface area contributed by atoms with Gasteiger partial charge in [-0.25, -0.2) is 4.79 Å². The number of aliphatic hydroxyl groups is 4. The number of ether oxygens (including phenoxy) is 3. The summed E-state index contributed by atoms with van der Waals surface area (Å²) in [5, 5.41) is 46.2. The summed E-state index contributed by atoms with van der Waals surface area (Å²) in [7, 11) is 2.99. The number of nitrogens with one attached hydrogen (secondary N) is 2. The molecule has 4 rings (SSSR count). The van der Waals surface area contributed by atoms with Gasteiger partial charge in [-0.3, -0.25) is 28.8 Å². The van der Waals surface area contributed by atoms with Crippen molar-refractivity contribution >= 4 is 11.8 Å². The van der Waals surface area contributed by atoms with Gasteiger partial charge in [0, 0.05) is 38.9 Å². The predicted octanol–water partition coefficient (Wildman–Crippen LogP) is -2.92. The average Bonchev–Trinajstić information content (AvgIpc) is 3.44. The quantitative estimate of drug-likeness (QED) is 0.0985. The summed E-state index contributed by atoms with van der Waals surface area (Å²) in [6.45, 7) is 2.48. The minimum absolute atomic E-state index is 0.0662. The van der Waals surface area contributed by atoms with Crippen LogP contribution in [0.3, 0.4) is 0 Å². The minimum Gasteiger partial charge on any atom is -0.387 e. The maximum atomic E-state index is 14.1. The van der Waals surface area contributed by atoms with Gasteiger partial charge < -0.3 is 50.6 Å². The Morgan fingerprint density at radius 1 is 1.04 bits per heavy atom. The highest BCUT2D eigenvalue weighted by Gasteiger charge is 2.55. The van der Waals surface area contributed by atoms with Crippen LogP contribution in [0, 0.1) is 0 Å². The molecule has 47 heavy (non-hydrogen) atoms. The number of hydrogen-bond acceptors (Lipinski definition) is 13. The van der Waals surface area contributed by atoms with Gasteiger partial charge in [-0.15, -0.1) is 0 Å². The van der Waals surface area contributed by atoms with E-state index in [2.05, 4.69) is 17.2 Å². The van der Waals surface area contributed by atoms with E-state index in [1.54, 1.807) is 13.1 Å². The molecule has 264 valence electrons. The van der Waals surface area contributed by atoms with Crippen LogP contribution in [0.2, 0.25) is 0 Å². The number of hydrogen-bond donors (Lipinski definition) is 7. The lowest BCUT2D eigenvalue weighted by atomic mass is 9.97. The fourth-order valence-corrected chi connectivity index (χ4v) is 6.14. The van der Waals surface area contributed by atoms with Crippen LogP contribution in [0.1, 0.15) is 51.7 Å². The van der Waals surface area contributed by atoms with Crippen molar-refractivity contribution in [1.82, 2.24) is 24.7 Å². The number of unbranched alkanes of at least 4 members (excludes halogenated alkanes) is 5. The number of aromatic amines is 1. The molecule has 0 aliphatic carbocycles. The lowest BCUT2D eigenvalue weighted by molar-refractivity contribution is -0.232. The monoisotopic (exact) mass is 668 g/mol. The molecule has 1 aromatic rings. The average molecular weight is 669 g/mol. The summed E-state index contributed by atoms with van der Waals surface area (Å²) < 4.78 is 18.6. The smallest absolute Gasteiger partial charge is 0.330 e. The zero-order valence-corrected chi connectivity index (χ0v) is 26.9. The van der Waals surface area contributed by atoms with E-state index in [1.807, 2.05) is 0 Å². The number of aliphatic hydroxyl groups excluding tert-OH is 4. The Kier molecular flexibility index (Phi) is 12.9. The van der Waals surface area contributed by atoms with Gasteiger partial charge in [0.25, 0.3) is 11.5 Å². The van der Waals surface area contributed by atoms with Crippen molar-refractivity contribution in [1.29, 1.82) is 0 Å². The molecule has 8 N–H and O–H groups in total. The molecule has 8 unspecified atom stereocenters. The van der Waals surface area contributed by atoms with E-state index in [1.165, 1.54) is 18.4 Å². The molecule has 2 amide bonds. The molecule has 1 aromatic heterocycles. The molecular weight excluding hydrogens is 620 g/mol. The second-order valence-electron chi connectivity index (χ2n) is 12.2. The van der Waals surface area contributed by atoms with Gasteiger partial charge in [0.05, 0.1) is 0 Å². The maximum Gasteiger partial charge on any atom is 0.330 e. The predicted molar refractivity (Wildman–Crippen MR) is 166 cm³/mol. The summed E-state index contributed by atoms with van der Waals surface area (Å²) in [5.41, 5.74) is 4.15. The van der Waals surface area contributed by atoms with E-state index in [0.717, 1.165) is 53.8 Å². The molecule has 4 heterocycles. The van der Waals surface area contributed by atoms with Crippen LogP contribution in [0.5, 0.6) is 0 Å². The Balaban J connectivity index is 1.59. The van der Waals surface area contributed by atoms with Gasteiger partial charge in [-0.2, -0.15) is 0 Å². The third kappa shape index (κ3) is 8.18. The van der Waals surface area contributed by atoms with E-state index in [9.17, 15) is 39.6 Å². The second-order valence-corrected chi connectivity index (χ2v) is 12.2. The molecule has 3 aliphatic heterocycles. The standard InChI is InChI=1S/C30H48N6O11/c1-4-5-6-7-8-9-12-32-26(42)16-10-13-34(2)19(27(43)35(16)3)24(47-29-23(41)20(38)17(15-31)45-29)25-21(39)22(40)28(46-25)36-14-11-18(37)33-30(36)44/h10-11,14,17,19-25,28-29,38-41H,4-9,12-13,15,31H2,1-3H3,(H,32,42)(H,33,37,44)/t17?,19-,20?,21?,22?,23?,24-,25?,28?,29?/m0/s1. The van der Waals surface area contributed by atoms with Crippen molar-refractivity contribution in [2.45, 2.75) is 107 Å². The lowest BCUT2D eigenvalue weighted by Crippen LogP contribution is -2.59. The van der Waals surface area contributed by atoms with Crippen molar-refractivity contribution in [3.8, 4) is 0 Å². The Labute approximate surface area is 271 Å². The third-order valence-corrected chi connectivity index (χ3v) is 8.92. The Morgan fingerprint density at radius 3 is 2.40 bits per heavy atom. The first-order valence-corrected chi connectivity index (χ1v) is 16.1. The molecule has 0 spiro atoms. The number of carbonyl (C=O) groups is 2. The number of amides is 2. The van der Waals surface area contributed by atoms with Crippen LogP contribution >= 0.6 is 0 Å². The molecule has 0 bridgehead atoms. The molecular formula is C30H48N6O11. The largest absolute Gasteiger partial charge is 0.387 e. The molecule has 2 fully saturated rings. The highest BCUT2D eigenvalue weighted by Crippen LogP contribution is 2.36. The summed E-state index contributed by atoms with van der Waals surface area (Å²) >= 11 is 0. The van der Waals surface area contributed by atoms with Crippen molar-refractivity contribution in [3.05, 3.63) is 44.9 Å². The SMILES string of the molecule is CCCCCCCCNC(=O)C1=CCN(C)[C@@H]([C@H](OC2OC(CN)C(O)C2O)C2OC(n3ccc(=O)[nH]c3=O)C(O)C2O)C(=O)N1C. The van der Waals surface area contributed by atoms with Crippen LogP contribution in [-0.4, -0.2) is 140 Å². The summed E-state index contributed by atoms with van der Waals surface area (Å²) in [6, 6.07) is -0.271. The Hall–Kier alpha value is -3.00. The fourth-order valence-electron chi connectivity index (χ4n) is 6.14. The van der Waals surface area contributed by atoms with Crippen molar-refractivity contribution < 1.29 is 44.2 Å². The summed E-state index contributed by atoms with van der Waals surface area (Å²) in [4.78, 5) is 56.2. The number of rotatable bonds is 14. The molecule has 0 saturated carbocycles. The zero-order chi connectivity index (χ0) is 34.4. The topological polar surface area (TPSA) is 242 Å². The normalized spacial score (nSPS) is 32.3. The number of nitrogens with zero attached hydrogens (tertiary/aromatic N) is 3. The molecule has 17 heteroatoms. The van der Waals surface area contributed by atoms with Crippen LogP contribution < -0.4 is 22.3 Å². The summed E-state index contributed by atoms with van der Waals surface area (Å²) in [6.07, 6.45) is -4.64. The zero-order valence-electron chi connectivity index (χ0n) is 26.9. The second kappa shape index (κ2) is 16.4. The van der Waals surface area contributed by atoms with Gasteiger partial charge in [0.2, 0.25) is 5.91 Å². The first kappa shape index (κ1) is 36.8. The molecule has 17 nitrogen and oxygen atoms in total. The van der Waals surface area contributed by atoms with Crippen molar-refractivity contribution in [3.63, 3.8) is 0 Å². The van der Waals surface area contributed by atoms with Crippen LogP contribution in [0.4, 0.5) is 0 Å². The number of likely N-dealkylation sites (N-methyl/N-ethyl adjacent to an activating group) is 2. The van der Waals surface area contributed by atoms with Crippen molar-refractivity contribution in [2.75, 3.05) is 33.7 Å². The van der Waals surface area contributed by atoms with E-state index in [0.29, 0.717) is 6.54 Å². The van der Waals surface area contributed by atoms with Crippen LogP contribution in [0.25, 0.3) is 0 Å². The first-order chi connectivity index (χ1) is 22.4. The van der Waals surface area contributed by atoms with E-state index >= 15 is 0 Å². The Morgan fingerprint density at radius 2 is 1.74 bits per heavy atom. The van der Waals surface area contributed by atoms with Crippen molar-refractivity contribution in [2.24, 2.45) is 5.73 Å². The van der Waals surface area contributed by atoms with E-state index in [-0.39, 0.29) is 18.8 Å². The van der Waals surface area contributed by atoms with Gasteiger partial charge >= 0.3 is 5.69 Å². The first-order valence-electron chi connectivity index (χ1n) is 16.1. The number of aromatic nitrogens is 2. The van der Waals surface area contributed by atoms with Gasteiger partial charge in [0.15, 0.2) is 12.5 Å². The molecule has 0 radical (unpaired) electrons. The maximum absolute atomic E-state index is 14.1. The minimum atomic E-state index is -1.75. The van der Waals surface area contributed by atoms with Crippen LogP contribution in [0.15, 0.2) is 33.6 Å². The molecule has 2 saturated heterocycles. The Bertz CT molecular complexity index is 1370.